The number of para-hydroxylation sites is 1. The Balaban J connectivity index is 1.42. The molecule has 10 nitrogen and oxygen atoms in total. The van der Waals surface area contributed by atoms with Crippen molar-refractivity contribution in [2.45, 2.75) is 44.5 Å². The number of benzene rings is 3. The SMILES string of the molecule is C[C@H](NC(=O)OCc1ccccc1)C(=O)N[C@@H](Cc1ccccc1)C(=O)N[C@@H](Cc1c[nH]c2ccccc12)C(=O)O. The summed E-state index contributed by atoms with van der Waals surface area (Å²) in [5.41, 5.74) is 3.15. The highest BCUT2D eigenvalue weighted by Crippen LogP contribution is 2.19. The standard InChI is InChI=1S/C31H32N4O6/c1-20(33-31(40)41-19-22-12-6-3-7-13-22)28(36)34-26(16-21-10-4-2-5-11-21)29(37)35-27(30(38)39)17-23-18-32-25-15-9-8-14-24(23)25/h2-15,18,20,26-27,32H,16-17,19H2,1H3,(H,33,40)(H,34,36)(H,35,37)(H,38,39)/t20-,26-,27-/m0/s1. The number of H-pyrrole nitrogens is 1. The van der Waals surface area contributed by atoms with Gasteiger partial charge in [-0.15, -0.1) is 0 Å². The monoisotopic (exact) mass is 556 g/mol. The van der Waals surface area contributed by atoms with Crippen LogP contribution in [0.4, 0.5) is 4.79 Å². The number of aliphatic carboxylic acids is 1. The average molecular weight is 557 g/mol. The van der Waals surface area contributed by atoms with E-state index in [4.69, 9.17) is 4.74 Å². The van der Waals surface area contributed by atoms with Crippen LogP contribution in [0.3, 0.4) is 0 Å². The second-order valence-corrected chi connectivity index (χ2v) is 9.64. The number of ether oxygens (including phenoxy) is 1. The Morgan fingerprint density at radius 1 is 0.756 bits per heavy atom. The molecule has 3 atom stereocenters. The number of amides is 3. The van der Waals surface area contributed by atoms with E-state index in [0.29, 0.717) is 0 Å². The third-order valence-electron chi connectivity index (χ3n) is 6.57. The van der Waals surface area contributed by atoms with Crippen molar-refractivity contribution in [3.05, 3.63) is 108 Å². The third kappa shape index (κ3) is 8.18. The lowest BCUT2D eigenvalue weighted by atomic mass is 10.0. The van der Waals surface area contributed by atoms with Crippen LogP contribution in [-0.2, 0) is 38.6 Å². The number of carboxylic acid groups (broad SMARTS) is 1. The maximum atomic E-state index is 13.4. The van der Waals surface area contributed by atoms with Crippen LogP contribution in [0.15, 0.2) is 91.1 Å². The van der Waals surface area contributed by atoms with Gasteiger partial charge in [-0.1, -0.05) is 78.9 Å². The molecular formula is C31H32N4O6. The minimum absolute atomic E-state index is 0.0348. The van der Waals surface area contributed by atoms with Crippen molar-refractivity contribution in [2.24, 2.45) is 0 Å². The molecule has 0 aliphatic rings. The van der Waals surface area contributed by atoms with Crippen molar-refractivity contribution in [2.75, 3.05) is 0 Å². The summed E-state index contributed by atoms with van der Waals surface area (Å²) in [6, 6.07) is 22.2. The first-order chi connectivity index (χ1) is 19.8. The maximum Gasteiger partial charge on any atom is 0.408 e. The van der Waals surface area contributed by atoms with Gasteiger partial charge in [-0.05, 0) is 29.7 Å². The van der Waals surface area contributed by atoms with Gasteiger partial charge in [0.25, 0.3) is 0 Å². The molecule has 0 saturated heterocycles. The van der Waals surface area contributed by atoms with Crippen molar-refractivity contribution in [3.8, 4) is 0 Å². The van der Waals surface area contributed by atoms with E-state index in [2.05, 4.69) is 20.9 Å². The van der Waals surface area contributed by atoms with Gasteiger partial charge in [-0.25, -0.2) is 9.59 Å². The summed E-state index contributed by atoms with van der Waals surface area (Å²) in [4.78, 5) is 53.9. The first-order valence-electron chi connectivity index (χ1n) is 13.2. The Morgan fingerprint density at radius 3 is 2.05 bits per heavy atom. The molecule has 0 fully saturated rings. The van der Waals surface area contributed by atoms with Gasteiger partial charge in [0.2, 0.25) is 11.8 Å². The Labute approximate surface area is 237 Å². The molecule has 0 aliphatic heterocycles. The number of aromatic nitrogens is 1. The lowest BCUT2D eigenvalue weighted by Crippen LogP contribution is -2.56. The summed E-state index contributed by atoms with van der Waals surface area (Å²) in [5, 5.41) is 18.5. The van der Waals surface area contributed by atoms with E-state index in [-0.39, 0.29) is 19.4 Å². The predicted molar refractivity (Wildman–Crippen MR) is 153 cm³/mol. The lowest BCUT2D eigenvalue weighted by molar-refractivity contribution is -0.142. The number of rotatable bonds is 12. The lowest BCUT2D eigenvalue weighted by Gasteiger charge is -2.23. The molecular weight excluding hydrogens is 524 g/mol. The van der Waals surface area contributed by atoms with Crippen LogP contribution in [0.25, 0.3) is 10.9 Å². The van der Waals surface area contributed by atoms with E-state index in [9.17, 15) is 24.3 Å². The zero-order chi connectivity index (χ0) is 29.2. The van der Waals surface area contributed by atoms with Crippen LogP contribution in [0.5, 0.6) is 0 Å². The third-order valence-corrected chi connectivity index (χ3v) is 6.57. The van der Waals surface area contributed by atoms with E-state index in [0.717, 1.165) is 27.6 Å². The van der Waals surface area contributed by atoms with Crippen LogP contribution >= 0.6 is 0 Å². The van der Waals surface area contributed by atoms with Gasteiger partial charge in [-0.3, -0.25) is 9.59 Å². The number of carboxylic acids is 1. The summed E-state index contributed by atoms with van der Waals surface area (Å²) >= 11 is 0. The fourth-order valence-electron chi connectivity index (χ4n) is 4.36. The normalized spacial score (nSPS) is 13.0. The Hall–Kier alpha value is -5.12. The number of alkyl carbamates (subject to hydrolysis) is 1. The molecule has 0 saturated carbocycles. The van der Waals surface area contributed by atoms with E-state index < -0.39 is 42.0 Å². The topological polar surface area (TPSA) is 150 Å². The Bertz CT molecular complexity index is 1490. The van der Waals surface area contributed by atoms with Crippen LogP contribution in [-0.4, -0.2) is 52.1 Å². The van der Waals surface area contributed by atoms with Gasteiger partial charge in [-0.2, -0.15) is 0 Å². The van der Waals surface area contributed by atoms with E-state index in [1.54, 1.807) is 42.6 Å². The zero-order valence-electron chi connectivity index (χ0n) is 22.5. The quantitative estimate of drug-likeness (QED) is 0.181. The number of fused-ring (bicyclic) bond motifs is 1. The van der Waals surface area contributed by atoms with Crippen LogP contribution < -0.4 is 16.0 Å². The molecule has 4 rings (SSSR count). The molecule has 0 radical (unpaired) electrons. The number of hydrogen-bond donors (Lipinski definition) is 5. The highest BCUT2D eigenvalue weighted by molar-refractivity contribution is 5.93. The zero-order valence-corrected chi connectivity index (χ0v) is 22.5. The predicted octanol–water partition coefficient (Wildman–Crippen LogP) is 3.32. The largest absolute Gasteiger partial charge is 0.480 e. The van der Waals surface area contributed by atoms with Crippen molar-refractivity contribution in [1.29, 1.82) is 0 Å². The summed E-state index contributed by atoms with van der Waals surface area (Å²) in [5.74, 6) is -2.49. The van der Waals surface area contributed by atoms with Crippen LogP contribution in [0.2, 0.25) is 0 Å². The number of carbonyl (C=O) groups is 4. The molecule has 1 heterocycles. The van der Waals surface area contributed by atoms with Gasteiger partial charge in [0.15, 0.2) is 0 Å². The van der Waals surface area contributed by atoms with Crippen molar-refractivity contribution in [3.63, 3.8) is 0 Å². The second-order valence-electron chi connectivity index (χ2n) is 9.64. The average Bonchev–Trinajstić information content (AvgIpc) is 3.39. The number of nitrogens with one attached hydrogen (secondary N) is 4. The highest BCUT2D eigenvalue weighted by atomic mass is 16.5. The number of aromatic amines is 1. The summed E-state index contributed by atoms with van der Waals surface area (Å²) in [6.45, 7) is 1.50. The first kappa shape index (κ1) is 28.9. The molecule has 0 unspecified atom stereocenters. The van der Waals surface area contributed by atoms with Gasteiger partial charge in [0.1, 0.15) is 24.7 Å². The fourth-order valence-corrected chi connectivity index (χ4v) is 4.36. The Kier molecular flexibility index (Phi) is 9.71. The molecule has 41 heavy (non-hydrogen) atoms. The molecule has 0 aliphatic carbocycles. The Morgan fingerprint density at radius 2 is 1.37 bits per heavy atom. The van der Waals surface area contributed by atoms with Crippen molar-refractivity contribution in [1.82, 2.24) is 20.9 Å². The molecule has 0 bridgehead atoms. The molecule has 10 heteroatoms. The molecule has 0 spiro atoms. The first-order valence-corrected chi connectivity index (χ1v) is 13.2. The minimum Gasteiger partial charge on any atom is -0.480 e. The second kappa shape index (κ2) is 13.8. The highest BCUT2D eigenvalue weighted by Gasteiger charge is 2.29. The summed E-state index contributed by atoms with van der Waals surface area (Å²) in [7, 11) is 0. The smallest absolute Gasteiger partial charge is 0.408 e. The van der Waals surface area contributed by atoms with Crippen LogP contribution in [0.1, 0.15) is 23.6 Å². The molecule has 212 valence electrons. The van der Waals surface area contributed by atoms with E-state index >= 15 is 0 Å². The maximum absolute atomic E-state index is 13.4. The van der Waals surface area contributed by atoms with Gasteiger partial charge in [0, 0.05) is 29.9 Å². The van der Waals surface area contributed by atoms with Gasteiger partial charge >= 0.3 is 12.1 Å². The summed E-state index contributed by atoms with van der Waals surface area (Å²) < 4.78 is 5.18. The minimum atomic E-state index is -1.24. The fraction of sp³-hybridized carbons (Fsp3) is 0.226. The van der Waals surface area contributed by atoms with Gasteiger partial charge in [0.05, 0.1) is 0 Å². The summed E-state index contributed by atoms with van der Waals surface area (Å²) in [6.07, 6.45) is 1.09. The molecule has 4 aromatic rings. The molecule has 3 aromatic carbocycles. The van der Waals surface area contributed by atoms with Crippen molar-refractivity contribution < 1.29 is 29.0 Å². The number of carbonyl (C=O) groups excluding carboxylic acids is 3. The van der Waals surface area contributed by atoms with Gasteiger partial charge < -0.3 is 30.8 Å². The van der Waals surface area contributed by atoms with E-state index in [1.807, 2.05) is 48.5 Å². The molecule has 1 aromatic heterocycles. The molecule has 3 amide bonds. The van der Waals surface area contributed by atoms with Crippen LogP contribution in [0, 0.1) is 0 Å². The van der Waals surface area contributed by atoms with Crippen molar-refractivity contribution >= 4 is 34.8 Å². The van der Waals surface area contributed by atoms with E-state index in [1.165, 1.54) is 6.92 Å². The molecule has 5 N–H and O–H groups in total. The number of hydrogen-bond acceptors (Lipinski definition) is 5.